The first kappa shape index (κ1) is 6.51. The van der Waals surface area contributed by atoms with E-state index in [0.717, 1.165) is 0 Å². The van der Waals surface area contributed by atoms with Crippen LogP contribution in [0.2, 0.25) is 0 Å². The van der Waals surface area contributed by atoms with E-state index in [0.29, 0.717) is 4.88 Å². The maximum absolute atomic E-state index is 10.9. The van der Waals surface area contributed by atoms with Gasteiger partial charge in [0.25, 0.3) is 5.56 Å². The quantitative estimate of drug-likeness (QED) is 0.497. The Morgan fingerprint density at radius 2 is 2.33 bits per heavy atom. The van der Waals surface area contributed by atoms with Crippen LogP contribution in [0.25, 0.3) is 0 Å². The van der Waals surface area contributed by atoms with Gasteiger partial charge in [-0.15, -0.1) is 3.96 Å². The van der Waals surface area contributed by atoms with E-state index in [-0.39, 0.29) is 5.56 Å². The van der Waals surface area contributed by atoms with Crippen LogP contribution in [0.4, 0.5) is 0 Å². The van der Waals surface area contributed by atoms with Gasteiger partial charge in [-0.1, -0.05) is 0 Å². The summed E-state index contributed by atoms with van der Waals surface area (Å²) in [4.78, 5) is 11.3. The Morgan fingerprint density at radius 3 is 2.44 bits per heavy atom. The SMILES string of the molecule is Cc1cc(=O)n(C)[s+]1[O-]. The Hall–Kier alpha value is -0.610. The molecule has 0 saturated carbocycles. The van der Waals surface area contributed by atoms with Gasteiger partial charge < -0.3 is 4.55 Å². The normalized spacial score (nSPS) is 12.1. The molecule has 1 atom stereocenters. The second-order valence-electron chi connectivity index (χ2n) is 1.84. The van der Waals surface area contributed by atoms with Crippen LogP contribution in [0.1, 0.15) is 4.88 Å². The zero-order valence-corrected chi connectivity index (χ0v) is 6.07. The van der Waals surface area contributed by atoms with E-state index in [9.17, 15) is 9.35 Å². The van der Waals surface area contributed by atoms with E-state index >= 15 is 0 Å². The summed E-state index contributed by atoms with van der Waals surface area (Å²) < 4.78 is 12.1. The second-order valence-corrected chi connectivity index (χ2v) is 3.53. The van der Waals surface area contributed by atoms with E-state index in [1.807, 2.05) is 0 Å². The fraction of sp³-hybridized carbons (Fsp3) is 0.400. The van der Waals surface area contributed by atoms with Gasteiger partial charge in [0.1, 0.15) is 0 Å². The zero-order valence-electron chi connectivity index (χ0n) is 5.25. The van der Waals surface area contributed by atoms with Crippen molar-refractivity contribution in [3.8, 4) is 0 Å². The molecule has 1 aromatic heterocycles. The third-order valence-corrected chi connectivity index (χ3v) is 2.51. The summed E-state index contributed by atoms with van der Waals surface area (Å²) >= 11 is 0. The van der Waals surface area contributed by atoms with Crippen molar-refractivity contribution in [1.29, 1.82) is 0 Å². The molecule has 0 aliphatic heterocycles. The molecular weight excluding hydrogens is 138 g/mol. The summed E-state index contributed by atoms with van der Waals surface area (Å²) in [5.41, 5.74) is -0.175. The number of hydrogen-bond donors (Lipinski definition) is 0. The Labute approximate surface area is 55.5 Å². The lowest BCUT2D eigenvalue weighted by Crippen LogP contribution is -2.07. The van der Waals surface area contributed by atoms with Crippen LogP contribution in [0.15, 0.2) is 10.9 Å². The van der Waals surface area contributed by atoms with Gasteiger partial charge >= 0.3 is 0 Å². The summed E-state index contributed by atoms with van der Waals surface area (Å²) in [6, 6.07) is 1.39. The maximum atomic E-state index is 10.9. The Morgan fingerprint density at radius 1 is 1.78 bits per heavy atom. The number of hydrogen-bond acceptors (Lipinski definition) is 2. The molecule has 0 aliphatic rings. The lowest BCUT2D eigenvalue weighted by atomic mass is 10.5. The third-order valence-electron chi connectivity index (χ3n) is 1.16. The fourth-order valence-corrected chi connectivity index (χ4v) is 1.46. The Bertz CT molecular complexity index is 273. The van der Waals surface area contributed by atoms with E-state index < -0.39 is 10.9 Å². The van der Waals surface area contributed by atoms with Gasteiger partial charge in [-0.05, 0) is 0 Å². The highest BCUT2D eigenvalue weighted by Crippen LogP contribution is 2.12. The van der Waals surface area contributed by atoms with E-state index in [4.69, 9.17) is 0 Å². The van der Waals surface area contributed by atoms with Gasteiger partial charge in [0.15, 0.2) is 4.88 Å². The Kier molecular flexibility index (Phi) is 1.42. The molecule has 0 bridgehead atoms. The summed E-state index contributed by atoms with van der Waals surface area (Å²) in [5, 5.41) is 0. The highest BCUT2D eigenvalue weighted by molar-refractivity contribution is 7.20. The van der Waals surface area contributed by atoms with E-state index in [1.165, 1.54) is 17.1 Å². The van der Waals surface area contributed by atoms with Crippen molar-refractivity contribution >= 4 is 10.9 Å². The minimum absolute atomic E-state index is 0.175. The molecule has 3 nitrogen and oxygen atoms in total. The van der Waals surface area contributed by atoms with E-state index in [2.05, 4.69) is 0 Å². The zero-order chi connectivity index (χ0) is 7.02. The largest absolute Gasteiger partial charge is 0.570 e. The molecule has 1 aromatic rings. The molecule has 0 spiro atoms. The van der Waals surface area contributed by atoms with Crippen molar-refractivity contribution in [3.05, 3.63) is 21.3 Å². The molecule has 0 N–H and O–H groups in total. The monoisotopic (exact) mass is 145 g/mol. The lowest BCUT2D eigenvalue weighted by molar-refractivity contribution is 0.578. The second kappa shape index (κ2) is 1.97. The topological polar surface area (TPSA) is 45.1 Å². The highest BCUT2D eigenvalue weighted by atomic mass is 32.2. The fourth-order valence-electron chi connectivity index (χ4n) is 0.613. The number of aryl methyl sites for hydroxylation is 1. The minimum Gasteiger partial charge on any atom is -0.570 e. The van der Waals surface area contributed by atoms with Gasteiger partial charge in [-0.25, -0.2) is 0 Å². The number of nitrogens with zero attached hydrogens (tertiary/aromatic N) is 1. The summed E-state index contributed by atoms with van der Waals surface area (Å²) in [6.07, 6.45) is 0. The van der Waals surface area contributed by atoms with Crippen molar-refractivity contribution in [2.24, 2.45) is 7.05 Å². The predicted molar refractivity (Wildman–Crippen MR) is 35.1 cm³/mol. The van der Waals surface area contributed by atoms with Gasteiger partial charge in [0.2, 0.25) is 0 Å². The van der Waals surface area contributed by atoms with Crippen molar-refractivity contribution < 1.29 is 4.55 Å². The van der Waals surface area contributed by atoms with Gasteiger partial charge in [0.05, 0.1) is 13.1 Å². The highest BCUT2D eigenvalue weighted by Gasteiger charge is 2.06. The summed E-state index contributed by atoms with van der Waals surface area (Å²) in [5.74, 6) is 0. The average Bonchev–Trinajstić information content (AvgIpc) is 1.98. The van der Waals surface area contributed by atoms with Crippen molar-refractivity contribution in [3.63, 3.8) is 0 Å². The molecule has 0 aliphatic carbocycles. The van der Waals surface area contributed by atoms with Crippen LogP contribution in [-0.2, 0) is 7.05 Å². The molecule has 0 amide bonds. The molecule has 1 heterocycles. The lowest BCUT2D eigenvalue weighted by Gasteiger charge is -1.90. The van der Waals surface area contributed by atoms with Gasteiger partial charge in [-0.3, -0.25) is 4.79 Å². The molecule has 1 rings (SSSR count). The number of aromatic nitrogens is 1. The molecule has 0 saturated heterocycles. The maximum Gasteiger partial charge on any atom is 0.296 e. The standard InChI is InChI=1S/C5H7NO2S/c1-4-3-5(7)6(2)9(4)8/h3H,1-2H3. The van der Waals surface area contributed by atoms with Crippen LogP contribution in [0.5, 0.6) is 0 Å². The van der Waals surface area contributed by atoms with Crippen LogP contribution < -0.4 is 5.56 Å². The van der Waals surface area contributed by atoms with Crippen molar-refractivity contribution in [2.45, 2.75) is 6.92 Å². The molecule has 4 heteroatoms. The first-order chi connectivity index (χ1) is 4.13. The van der Waals surface area contributed by atoms with Crippen molar-refractivity contribution in [2.75, 3.05) is 0 Å². The van der Waals surface area contributed by atoms with Crippen LogP contribution in [0, 0.1) is 6.92 Å². The molecule has 50 valence electrons. The summed E-state index contributed by atoms with van der Waals surface area (Å²) in [6.45, 7) is 1.68. The van der Waals surface area contributed by atoms with Crippen LogP contribution >= 0.6 is 10.9 Å². The molecule has 0 aromatic carbocycles. The average molecular weight is 145 g/mol. The third kappa shape index (κ3) is 0.906. The smallest absolute Gasteiger partial charge is 0.296 e. The predicted octanol–water partition coefficient (Wildman–Crippen LogP) is 0.421. The molecule has 0 radical (unpaired) electrons. The first-order valence-electron chi connectivity index (χ1n) is 2.51. The van der Waals surface area contributed by atoms with Crippen LogP contribution in [0.3, 0.4) is 0 Å². The van der Waals surface area contributed by atoms with E-state index in [1.54, 1.807) is 6.92 Å². The molecule has 9 heavy (non-hydrogen) atoms. The summed E-state index contributed by atoms with van der Waals surface area (Å²) in [7, 11) is 0.322. The first-order valence-corrected chi connectivity index (χ1v) is 3.61. The molecule has 1 unspecified atom stereocenters. The van der Waals surface area contributed by atoms with Crippen molar-refractivity contribution in [1.82, 2.24) is 3.96 Å². The van der Waals surface area contributed by atoms with Gasteiger partial charge in [-0.2, -0.15) is 0 Å². The molecular formula is C5H7NO2S. The molecule has 0 fully saturated rings. The minimum atomic E-state index is -1.20. The van der Waals surface area contributed by atoms with Gasteiger partial charge in [0, 0.05) is 17.9 Å². The Balaban J connectivity index is 3.47. The number of rotatable bonds is 0. The van der Waals surface area contributed by atoms with Crippen LogP contribution in [-0.4, -0.2) is 8.51 Å².